The summed E-state index contributed by atoms with van der Waals surface area (Å²) in [4.78, 5) is 18.2. The van der Waals surface area contributed by atoms with Gasteiger partial charge in [0.05, 0.1) is 12.7 Å². The average molecular weight is 323 g/mol. The lowest BCUT2D eigenvalue weighted by molar-refractivity contribution is 0.0256. The fourth-order valence-electron chi connectivity index (χ4n) is 2.54. The van der Waals surface area contributed by atoms with Crippen molar-refractivity contribution >= 4 is 17.4 Å². The van der Waals surface area contributed by atoms with Crippen molar-refractivity contribution in [2.75, 3.05) is 18.0 Å². The summed E-state index contributed by atoms with van der Waals surface area (Å²) in [7, 11) is 0. The molecule has 1 N–H and O–H groups in total. The van der Waals surface area contributed by atoms with Crippen LogP contribution in [0.1, 0.15) is 37.6 Å². The number of alkyl halides is 2. The number of hydrogen-bond donors (Lipinski definition) is 1. The molecule has 0 unspecified atom stereocenters. The van der Waals surface area contributed by atoms with Crippen molar-refractivity contribution in [2.24, 2.45) is 0 Å². The summed E-state index contributed by atoms with van der Waals surface area (Å²) in [6.45, 7) is 5.52. The third kappa shape index (κ3) is 3.25. The van der Waals surface area contributed by atoms with Gasteiger partial charge in [-0.2, -0.15) is 5.10 Å². The third-order valence-electron chi connectivity index (χ3n) is 3.58. The lowest BCUT2D eigenvalue weighted by Gasteiger charge is -2.20. The summed E-state index contributed by atoms with van der Waals surface area (Å²) in [5.41, 5.74) is 0.298. The maximum Gasteiger partial charge on any atom is 0.266 e. The Kier molecular flexibility index (Phi) is 3.50. The summed E-state index contributed by atoms with van der Waals surface area (Å²) in [5.74, 6) is -2.55. The van der Waals surface area contributed by atoms with Crippen molar-refractivity contribution in [3.05, 3.63) is 24.0 Å². The van der Waals surface area contributed by atoms with Crippen molar-refractivity contribution in [1.82, 2.24) is 19.9 Å². The van der Waals surface area contributed by atoms with Gasteiger partial charge >= 0.3 is 0 Å². The van der Waals surface area contributed by atoms with E-state index in [4.69, 9.17) is 0 Å². The molecule has 3 rings (SSSR count). The topological polar surface area (TPSA) is 62.5 Å². The molecule has 1 amide bonds. The van der Waals surface area contributed by atoms with E-state index in [0.717, 1.165) is 0 Å². The molecule has 2 aromatic heterocycles. The molecule has 124 valence electrons. The quantitative estimate of drug-likeness (QED) is 0.919. The Hall–Kier alpha value is -2.25. The Labute approximate surface area is 132 Å². The van der Waals surface area contributed by atoms with E-state index in [1.165, 1.54) is 15.6 Å². The molecule has 3 heterocycles. The molecule has 6 nitrogen and oxygen atoms in total. The van der Waals surface area contributed by atoms with Gasteiger partial charge < -0.3 is 10.2 Å². The van der Waals surface area contributed by atoms with Gasteiger partial charge in [-0.05, 0) is 26.8 Å². The van der Waals surface area contributed by atoms with Gasteiger partial charge in [0.1, 0.15) is 11.4 Å². The minimum Gasteiger partial charge on any atom is -0.350 e. The van der Waals surface area contributed by atoms with E-state index >= 15 is 0 Å². The van der Waals surface area contributed by atoms with Crippen LogP contribution in [0.3, 0.4) is 0 Å². The number of amides is 1. The number of aromatic nitrogens is 3. The molecule has 23 heavy (non-hydrogen) atoms. The van der Waals surface area contributed by atoms with E-state index in [1.807, 2.05) is 20.8 Å². The summed E-state index contributed by atoms with van der Waals surface area (Å²) in [6, 6.07) is 1.63. The molecule has 0 bridgehead atoms. The predicted octanol–water partition coefficient (Wildman–Crippen LogP) is 2.10. The molecular formula is C15H19F2N5O. The van der Waals surface area contributed by atoms with E-state index in [1.54, 1.807) is 12.3 Å². The number of hydrogen-bond acceptors (Lipinski definition) is 4. The van der Waals surface area contributed by atoms with Gasteiger partial charge in [-0.1, -0.05) is 0 Å². The van der Waals surface area contributed by atoms with Gasteiger partial charge in [-0.25, -0.2) is 18.3 Å². The van der Waals surface area contributed by atoms with Gasteiger partial charge in [0.2, 0.25) is 0 Å². The van der Waals surface area contributed by atoms with Crippen LogP contribution in [0.5, 0.6) is 0 Å². The molecule has 0 spiro atoms. The van der Waals surface area contributed by atoms with Crippen LogP contribution in [-0.4, -0.2) is 45.1 Å². The van der Waals surface area contributed by atoms with Crippen molar-refractivity contribution in [3.8, 4) is 0 Å². The smallest absolute Gasteiger partial charge is 0.266 e. The van der Waals surface area contributed by atoms with Crippen LogP contribution < -0.4 is 10.2 Å². The number of carbonyl (C=O) groups excluding carboxylic acids is 1. The Balaban J connectivity index is 1.93. The molecule has 0 radical (unpaired) electrons. The molecule has 1 aliphatic rings. The van der Waals surface area contributed by atoms with Crippen LogP contribution in [0.2, 0.25) is 0 Å². The number of halogens is 2. The summed E-state index contributed by atoms with van der Waals surface area (Å²) >= 11 is 0. The maximum atomic E-state index is 13.4. The number of fused-ring (bicyclic) bond motifs is 1. The minimum atomic E-state index is -2.69. The zero-order valence-electron chi connectivity index (χ0n) is 13.3. The van der Waals surface area contributed by atoms with Gasteiger partial charge in [0.15, 0.2) is 5.65 Å². The Morgan fingerprint density at radius 2 is 2.13 bits per heavy atom. The molecule has 2 aromatic rings. The first kappa shape index (κ1) is 15.6. The average Bonchev–Trinajstić information content (AvgIpc) is 2.99. The number of nitrogens with one attached hydrogen (secondary N) is 1. The standard InChI is InChI=1S/C15H19F2N5O/c1-14(2,3)20-13(23)10-8-18-22-6-4-11(19-12(10)22)21-7-5-15(16,17)9-21/h4,6,8H,5,7,9H2,1-3H3,(H,20,23). The largest absolute Gasteiger partial charge is 0.350 e. The van der Waals surface area contributed by atoms with E-state index < -0.39 is 5.92 Å². The monoisotopic (exact) mass is 323 g/mol. The molecule has 8 heteroatoms. The van der Waals surface area contributed by atoms with E-state index in [-0.39, 0.29) is 31.0 Å². The lowest BCUT2D eigenvalue weighted by atomic mass is 10.1. The fraction of sp³-hybridized carbons (Fsp3) is 0.533. The molecule has 0 saturated carbocycles. The van der Waals surface area contributed by atoms with Gasteiger partial charge in [0.25, 0.3) is 11.8 Å². The number of rotatable bonds is 2. The second-order valence-corrected chi connectivity index (χ2v) is 6.84. The first-order valence-electron chi connectivity index (χ1n) is 7.44. The van der Waals surface area contributed by atoms with Gasteiger partial charge in [-0.15, -0.1) is 0 Å². The van der Waals surface area contributed by atoms with E-state index in [0.29, 0.717) is 17.0 Å². The van der Waals surface area contributed by atoms with Gasteiger partial charge in [-0.3, -0.25) is 4.79 Å². The van der Waals surface area contributed by atoms with Crippen LogP contribution in [0.15, 0.2) is 18.5 Å². The summed E-state index contributed by atoms with van der Waals surface area (Å²) in [6.07, 6.45) is 2.88. The Morgan fingerprint density at radius 1 is 1.39 bits per heavy atom. The maximum absolute atomic E-state index is 13.4. The lowest BCUT2D eigenvalue weighted by Crippen LogP contribution is -2.40. The number of nitrogens with zero attached hydrogens (tertiary/aromatic N) is 4. The highest BCUT2D eigenvalue weighted by Crippen LogP contribution is 2.30. The highest BCUT2D eigenvalue weighted by Gasteiger charge is 2.38. The molecule has 1 fully saturated rings. The zero-order valence-corrected chi connectivity index (χ0v) is 13.3. The first-order chi connectivity index (χ1) is 10.6. The summed E-state index contributed by atoms with van der Waals surface area (Å²) in [5, 5.41) is 6.94. The molecule has 0 aromatic carbocycles. The molecule has 0 atom stereocenters. The normalized spacial score (nSPS) is 17.7. The van der Waals surface area contributed by atoms with Gasteiger partial charge in [0, 0.05) is 24.7 Å². The second kappa shape index (κ2) is 5.14. The highest BCUT2D eigenvalue weighted by molar-refractivity contribution is 6.00. The van der Waals surface area contributed by atoms with Crippen LogP contribution in [0.25, 0.3) is 5.65 Å². The van der Waals surface area contributed by atoms with Crippen LogP contribution in [0.4, 0.5) is 14.6 Å². The van der Waals surface area contributed by atoms with Crippen LogP contribution in [0, 0.1) is 0 Å². The Bertz CT molecular complexity index is 750. The first-order valence-corrected chi connectivity index (χ1v) is 7.44. The molecule has 0 aliphatic carbocycles. The van der Waals surface area contributed by atoms with Crippen molar-refractivity contribution in [2.45, 2.75) is 38.7 Å². The predicted molar refractivity (Wildman–Crippen MR) is 82.0 cm³/mol. The fourth-order valence-corrected chi connectivity index (χ4v) is 2.54. The third-order valence-corrected chi connectivity index (χ3v) is 3.58. The van der Waals surface area contributed by atoms with Crippen molar-refractivity contribution < 1.29 is 13.6 Å². The molecule has 1 aliphatic heterocycles. The van der Waals surface area contributed by atoms with Crippen LogP contribution in [-0.2, 0) is 0 Å². The number of carbonyl (C=O) groups is 1. The molecule has 1 saturated heterocycles. The van der Waals surface area contributed by atoms with Crippen LogP contribution >= 0.6 is 0 Å². The SMILES string of the molecule is CC(C)(C)NC(=O)c1cnn2ccc(N3CCC(F)(F)C3)nc12. The Morgan fingerprint density at radius 3 is 2.74 bits per heavy atom. The number of anilines is 1. The summed E-state index contributed by atoms with van der Waals surface area (Å²) < 4.78 is 28.2. The zero-order chi connectivity index (χ0) is 16.8. The molecular weight excluding hydrogens is 304 g/mol. The van der Waals surface area contributed by atoms with E-state index in [9.17, 15) is 13.6 Å². The second-order valence-electron chi connectivity index (χ2n) is 6.84. The minimum absolute atomic E-state index is 0.184. The van der Waals surface area contributed by atoms with Crippen molar-refractivity contribution in [1.29, 1.82) is 0 Å². The van der Waals surface area contributed by atoms with Crippen molar-refractivity contribution in [3.63, 3.8) is 0 Å². The highest BCUT2D eigenvalue weighted by atomic mass is 19.3. The van der Waals surface area contributed by atoms with E-state index in [2.05, 4.69) is 15.4 Å².